The highest BCUT2D eigenvalue weighted by Gasteiger charge is 2.24. The van der Waals surface area contributed by atoms with Gasteiger partial charge in [-0.15, -0.1) is 0 Å². The Morgan fingerprint density at radius 1 is 0.714 bits per heavy atom. The Hall–Kier alpha value is -3.20. The molecule has 0 aliphatic rings. The van der Waals surface area contributed by atoms with Gasteiger partial charge in [0.05, 0.1) is 12.8 Å². The SMILES string of the molecule is COc1c(/C=C/c2ccccc2)nc(/C=C/c2ccccc2)nc1C(C)(C)C. The molecule has 28 heavy (non-hydrogen) atoms. The van der Waals surface area contributed by atoms with E-state index >= 15 is 0 Å². The number of methoxy groups -OCH3 is 1. The van der Waals surface area contributed by atoms with Gasteiger partial charge in [0.1, 0.15) is 5.69 Å². The number of aromatic nitrogens is 2. The molecule has 142 valence electrons. The second-order valence-corrected chi connectivity index (χ2v) is 7.59. The summed E-state index contributed by atoms with van der Waals surface area (Å²) >= 11 is 0. The van der Waals surface area contributed by atoms with Gasteiger partial charge in [0.2, 0.25) is 0 Å². The maximum absolute atomic E-state index is 5.71. The van der Waals surface area contributed by atoms with E-state index < -0.39 is 0 Å². The van der Waals surface area contributed by atoms with E-state index in [1.54, 1.807) is 7.11 Å². The van der Waals surface area contributed by atoms with Crippen LogP contribution in [0.3, 0.4) is 0 Å². The Morgan fingerprint density at radius 2 is 1.25 bits per heavy atom. The molecular weight excluding hydrogens is 344 g/mol. The lowest BCUT2D eigenvalue weighted by Gasteiger charge is -2.22. The zero-order valence-corrected chi connectivity index (χ0v) is 16.9. The number of benzene rings is 2. The van der Waals surface area contributed by atoms with Gasteiger partial charge in [0, 0.05) is 5.41 Å². The molecule has 0 aliphatic heterocycles. The van der Waals surface area contributed by atoms with Crippen molar-refractivity contribution in [3.8, 4) is 5.75 Å². The third kappa shape index (κ3) is 4.95. The van der Waals surface area contributed by atoms with Crippen LogP contribution in [-0.4, -0.2) is 17.1 Å². The molecule has 0 bridgehead atoms. The van der Waals surface area contributed by atoms with E-state index in [2.05, 4.69) is 45.0 Å². The minimum absolute atomic E-state index is 0.168. The average molecular weight is 370 g/mol. The molecule has 0 atom stereocenters. The van der Waals surface area contributed by atoms with Crippen LogP contribution in [0.5, 0.6) is 5.75 Å². The molecule has 3 nitrogen and oxygen atoms in total. The summed E-state index contributed by atoms with van der Waals surface area (Å²) in [7, 11) is 1.67. The molecule has 3 aromatic rings. The van der Waals surface area contributed by atoms with Gasteiger partial charge in [-0.05, 0) is 23.3 Å². The molecule has 0 aliphatic carbocycles. The normalized spacial score (nSPS) is 12.0. The van der Waals surface area contributed by atoms with Gasteiger partial charge in [-0.2, -0.15) is 0 Å². The summed E-state index contributed by atoms with van der Waals surface area (Å²) in [4.78, 5) is 9.53. The Kier molecular flexibility index (Phi) is 6.05. The van der Waals surface area contributed by atoms with Gasteiger partial charge in [-0.3, -0.25) is 0 Å². The van der Waals surface area contributed by atoms with E-state index in [9.17, 15) is 0 Å². The Balaban J connectivity index is 2.06. The molecule has 3 heteroatoms. The fourth-order valence-corrected chi connectivity index (χ4v) is 2.86. The third-order valence-corrected chi connectivity index (χ3v) is 4.28. The van der Waals surface area contributed by atoms with E-state index in [1.807, 2.05) is 60.7 Å². The molecule has 0 saturated heterocycles. The topological polar surface area (TPSA) is 35.0 Å². The molecule has 0 spiro atoms. The lowest BCUT2D eigenvalue weighted by Crippen LogP contribution is -2.17. The predicted molar refractivity (Wildman–Crippen MR) is 118 cm³/mol. The van der Waals surface area contributed by atoms with Crippen molar-refractivity contribution in [1.82, 2.24) is 9.97 Å². The van der Waals surface area contributed by atoms with E-state index in [-0.39, 0.29) is 5.41 Å². The molecule has 0 saturated carbocycles. The Morgan fingerprint density at radius 3 is 1.75 bits per heavy atom. The maximum atomic E-state index is 5.71. The second kappa shape index (κ2) is 8.66. The van der Waals surface area contributed by atoms with E-state index in [1.165, 1.54) is 0 Å². The van der Waals surface area contributed by atoms with Crippen LogP contribution in [0.2, 0.25) is 0 Å². The van der Waals surface area contributed by atoms with Crippen molar-refractivity contribution >= 4 is 24.3 Å². The summed E-state index contributed by atoms with van der Waals surface area (Å²) < 4.78 is 5.71. The zero-order valence-electron chi connectivity index (χ0n) is 16.9. The fraction of sp³-hybridized carbons (Fsp3) is 0.200. The third-order valence-electron chi connectivity index (χ3n) is 4.28. The quantitative estimate of drug-likeness (QED) is 0.542. The molecule has 2 aromatic carbocycles. The molecule has 3 rings (SSSR count). The molecular formula is C25H26N2O. The zero-order chi connectivity index (χ0) is 20.0. The first-order valence-corrected chi connectivity index (χ1v) is 9.40. The van der Waals surface area contributed by atoms with Crippen LogP contribution in [-0.2, 0) is 5.41 Å². The lowest BCUT2D eigenvalue weighted by molar-refractivity contribution is 0.388. The smallest absolute Gasteiger partial charge is 0.166 e. The number of hydrogen-bond donors (Lipinski definition) is 0. The standard InChI is InChI=1S/C25H26N2O/c1-25(2,3)24-23(28-4)21(17-15-19-11-7-5-8-12-19)26-22(27-24)18-16-20-13-9-6-10-14-20/h5-18H,1-4H3/b17-15+,18-16+. The minimum Gasteiger partial charge on any atom is -0.493 e. The first kappa shape index (κ1) is 19.6. The van der Waals surface area contributed by atoms with Crippen LogP contribution < -0.4 is 4.74 Å². The molecule has 1 aromatic heterocycles. The van der Waals surface area contributed by atoms with Crippen LogP contribution >= 0.6 is 0 Å². The summed E-state index contributed by atoms with van der Waals surface area (Å²) in [6, 6.07) is 20.3. The Bertz CT molecular complexity index is 969. The lowest BCUT2D eigenvalue weighted by atomic mass is 9.90. The van der Waals surface area contributed by atoms with Crippen molar-refractivity contribution in [3.63, 3.8) is 0 Å². The molecule has 1 heterocycles. The molecule has 0 fully saturated rings. The van der Waals surface area contributed by atoms with Crippen LogP contribution in [0, 0.1) is 0 Å². The average Bonchev–Trinajstić information content (AvgIpc) is 2.71. The first-order chi connectivity index (χ1) is 13.5. The highest BCUT2D eigenvalue weighted by Crippen LogP contribution is 2.33. The number of rotatable bonds is 5. The molecule has 0 N–H and O–H groups in total. The number of ether oxygens (including phenoxy) is 1. The molecule has 0 radical (unpaired) electrons. The van der Waals surface area contributed by atoms with Crippen molar-refractivity contribution < 1.29 is 4.74 Å². The van der Waals surface area contributed by atoms with Crippen molar-refractivity contribution in [2.24, 2.45) is 0 Å². The second-order valence-electron chi connectivity index (χ2n) is 7.59. The van der Waals surface area contributed by atoms with Crippen molar-refractivity contribution in [2.75, 3.05) is 7.11 Å². The van der Waals surface area contributed by atoms with E-state index in [0.717, 1.165) is 28.3 Å². The van der Waals surface area contributed by atoms with E-state index in [4.69, 9.17) is 14.7 Å². The maximum Gasteiger partial charge on any atom is 0.166 e. The van der Waals surface area contributed by atoms with Crippen molar-refractivity contribution in [1.29, 1.82) is 0 Å². The van der Waals surface area contributed by atoms with Gasteiger partial charge in [-0.25, -0.2) is 9.97 Å². The van der Waals surface area contributed by atoms with Gasteiger partial charge in [0.25, 0.3) is 0 Å². The van der Waals surface area contributed by atoms with Crippen LogP contribution in [0.25, 0.3) is 24.3 Å². The van der Waals surface area contributed by atoms with Gasteiger partial charge < -0.3 is 4.74 Å². The van der Waals surface area contributed by atoms with Crippen LogP contribution in [0.1, 0.15) is 49.1 Å². The Labute approximate surface area is 167 Å². The largest absolute Gasteiger partial charge is 0.493 e. The summed E-state index contributed by atoms with van der Waals surface area (Å²) in [5.41, 5.74) is 3.73. The predicted octanol–water partition coefficient (Wildman–Crippen LogP) is 6.12. The number of hydrogen-bond acceptors (Lipinski definition) is 3. The fourth-order valence-electron chi connectivity index (χ4n) is 2.86. The van der Waals surface area contributed by atoms with Crippen LogP contribution in [0.15, 0.2) is 60.7 Å². The van der Waals surface area contributed by atoms with Gasteiger partial charge in [0.15, 0.2) is 11.6 Å². The number of nitrogens with zero attached hydrogens (tertiary/aromatic N) is 2. The molecule has 0 unspecified atom stereocenters. The van der Waals surface area contributed by atoms with Crippen LogP contribution in [0.4, 0.5) is 0 Å². The summed E-state index contributed by atoms with van der Waals surface area (Å²) in [6.45, 7) is 6.40. The highest BCUT2D eigenvalue weighted by molar-refractivity contribution is 5.73. The summed E-state index contributed by atoms with van der Waals surface area (Å²) in [5, 5.41) is 0. The van der Waals surface area contributed by atoms with E-state index in [0.29, 0.717) is 5.82 Å². The summed E-state index contributed by atoms with van der Waals surface area (Å²) in [5.74, 6) is 1.39. The van der Waals surface area contributed by atoms with Crippen molar-refractivity contribution in [3.05, 3.63) is 89.0 Å². The monoisotopic (exact) mass is 370 g/mol. The first-order valence-electron chi connectivity index (χ1n) is 9.40. The molecule has 0 amide bonds. The van der Waals surface area contributed by atoms with Crippen molar-refractivity contribution in [2.45, 2.75) is 26.2 Å². The highest BCUT2D eigenvalue weighted by atomic mass is 16.5. The van der Waals surface area contributed by atoms with Gasteiger partial charge >= 0.3 is 0 Å². The summed E-state index contributed by atoms with van der Waals surface area (Å²) in [6.07, 6.45) is 8.01. The minimum atomic E-state index is -0.168. The van der Waals surface area contributed by atoms with Gasteiger partial charge in [-0.1, -0.05) is 93.6 Å².